The Kier molecular flexibility index (Phi) is 12.4. The smallest absolute Gasteiger partial charge is 0.407 e. The normalized spacial score (nSPS) is 13.7. The number of nitrogens with two attached hydrogens (primary N) is 2. The molecule has 2 atom stereocenters. The second-order valence-corrected chi connectivity index (χ2v) is 9.26. The third-order valence-corrected chi connectivity index (χ3v) is 3.65. The van der Waals surface area contributed by atoms with E-state index in [-0.39, 0.29) is 31.0 Å². The number of carbonyl (C=O) groups is 3. The quantitative estimate of drug-likeness (QED) is 0.309. The molecule has 0 radical (unpaired) electrons. The summed E-state index contributed by atoms with van der Waals surface area (Å²) in [5.74, 6) is -0.209. The van der Waals surface area contributed by atoms with Gasteiger partial charge in [0.1, 0.15) is 11.2 Å². The zero-order valence-corrected chi connectivity index (χ0v) is 19.3. The van der Waals surface area contributed by atoms with Gasteiger partial charge in [0.2, 0.25) is 5.91 Å². The first-order chi connectivity index (χ1) is 13.7. The lowest BCUT2D eigenvalue weighted by Gasteiger charge is -2.24. The predicted molar refractivity (Wildman–Crippen MR) is 116 cm³/mol. The number of nitrogens with one attached hydrogen (secondary N) is 3. The zero-order valence-electron chi connectivity index (χ0n) is 19.3. The van der Waals surface area contributed by atoms with Gasteiger partial charge in [-0.15, -0.1) is 0 Å². The Hall–Kier alpha value is -2.07. The van der Waals surface area contributed by atoms with E-state index in [1.807, 2.05) is 0 Å². The lowest BCUT2D eigenvalue weighted by atomic mass is 10.1. The molecule has 7 N–H and O–H groups in total. The molecule has 1 unspecified atom stereocenters. The summed E-state index contributed by atoms with van der Waals surface area (Å²) < 4.78 is 10.5. The molecule has 3 amide bonds. The zero-order chi connectivity index (χ0) is 23.4. The van der Waals surface area contributed by atoms with Crippen LogP contribution in [0.25, 0.3) is 0 Å². The van der Waals surface area contributed by atoms with Crippen molar-refractivity contribution in [1.82, 2.24) is 16.0 Å². The van der Waals surface area contributed by atoms with Gasteiger partial charge in [-0.1, -0.05) is 0 Å². The van der Waals surface area contributed by atoms with Crippen molar-refractivity contribution in [2.24, 2.45) is 11.5 Å². The highest BCUT2D eigenvalue weighted by Crippen LogP contribution is 2.08. The molecule has 30 heavy (non-hydrogen) atoms. The molecule has 0 heterocycles. The molecule has 0 aliphatic heterocycles. The maximum Gasteiger partial charge on any atom is 0.407 e. The molecule has 0 saturated heterocycles. The second kappa shape index (κ2) is 13.3. The minimum atomic E-state index is -0.634. The summed E-state index contributed by atoms with van der Waals surface area (Å²) in [6.07, 6.45) is 0.745. The molecule has 0 spiro atoms. The second-order valence-electron chi connectivity index (χ2n) is 9.26. The number of hydrogen-bond donors (Lipinski definition) is 5. The summed E-state index contributed by atoms with van der Waals surface area (Å²) in [5, 5.41) is 8.21. The fourth-order valence-electron chi connectivity index (χ4n) is 2.42. The van der Waals surface area contributed by atoms with E-state index < -0.39 is 23.4 Å². The van der Waals surface area contributed by atoms with E-state index in [1.54, 1.807) is 41.5 Å². The van der Waals surface area contributed by atoms with Crippen molar-refractivity contribution < 1.29 is 23.9 Å². The van der Waals surface area contributed by atoms with E-state index in [4.69, 9.17) is 20.9 Å². The van der Waals surface area contributed by atoms with Crippen LogP contribution in [0, 0.1) is 0 Å². The Morgan fingerprint density at radius 1 is 0.900 bits per heavy atom. The van der Waals surface area contributed by atoms with E-state index in [2.05, 4.69) is 16.0 Å². The lowest BCUT2D eigenvalue weighted by molar-refractivity contribution is -0.121. The maximum atomic E-state index is 12.1. The lowest BCUT2D eigenvalue weighted by Crippen LogP contribution is -2.46. The van der Waals surface area contributed by atoms with E-state index in [9.17, 15) is 14.4 Å². The van der Waals surface area contributed by atoms with Crippen LogP contribution in [0.2, 0.25) is 0 Å². The van der Waals surface area contributed by atoms with Crippen LogP contribution in [-0.4, -0.2) is 61.0 Å². The molecular formula is C20H41N5O5. The SMILES string of the molecule is CC(C)(C)OC(=O)NCCC[C@@H](CNC(=O)CC(N)CCN)NC(=O)OC(C)(C)C. The van der Waals surface area contributed by atoms with Crippen molar-refractivity contribution >= 4 is 18.1 Å². The van der Waals surface area contributed by atoms with Crippen LogP contribution in [0.15, 0.2) is 0 Å². The highest BCUT2D eigenvalue weighted by Gasteiger charge is 2.21. The number of ether oxygens (including phenoxy) is 2. The molecule has 10 nitrogen and oxygen atoms in total. The van der Waals surface area contributed by atoms with Gasteiger partial charge in [-0.05, 0) is 67.3 Å². The molecule has 0 aliphatic rings. The van der Waals surface area contributed by atoms with Crippen LogP contribution >= 0.6 is 0 Å². The Bertz CT molecular complexity index is 543. The highest BCUT2D eigenvalue weighted by atomic mass is 16.6. The van der Waals surface area contributed by atoms with Crippen molar-refractivity contribution in [2.45, 2.75) is 90.5 Å². The first kappa shape index (κ1) is 27.9. The monoisotopic (exact) mass is 431 g/mol. The molecule has 0 rings (SSSR count). The van der Waals surface area contributed by atoms with Crippen LogP contribution < -0.4 is 27.4 Å². The predicted octanol–water partition coefficient (Wildman–Crippen LogP) is 1.37. The van der Waals surface area contributed by atoms with E-state index in [1.165, 1.54) is 0 Å². The van der Waals surface area contributed by atoms with Crippen LogP contribution in [0.4, 0.5) is 9.59 Å². The van der Waals surface area contributed by atoms with Gasteiger partial charge in [0.25, 0.3) is 0 Å². The van der Waals surface area contributed by atoms with Gasteiger partial charge in [0.05, 0.1) is 0 Å². The summed E-state index contributed by atoms with van der Waals surface area (Å²) in [4.78, 5) is 35.9. The molecule has 0 aliphatic carbocycles. The van der Waals surface area contributed by atoms with Gasteiger partial charge in [-0.2, -0.15) is 0 Å². The number of rotatable bonds is 11. The molecule has 0 aromatic carbocycles. The van der Waals surface area contributed by atoms with Crippen LogP contribution in [0.3, 0.4) is 0 Å². The van der Waals surface area contributed by atoms with Gasteiger partial charge in [-0.25, -0.2) is 9.59 Å². The minimum Gasteiger partial charge on any atom is -0.444 e. The Morgan fingerprint density at radius 3 is 2.00 bits per heavy atom. The van der Waals surface area contributed by atoms with Gasteiger partial charge in [0.15, 0.2) is 0 Å². The Balaban J connectivity index is 4.59. The van der Waals surface area contributed by atoms with Crippen molar-refractivity contribution in [3.63, 3.8) is 0 Å². The largest absolute Gasteiger partial charge is 0.444 e. The summed E-state index contributed by atoms with van der Waals surface area (Å²) in [5.41, 5.74) is 10.1. The van der Waals surface area contributed by atoms with Gasteiger partial charge >= 0.3 is 12.2 Å². The number of alkyl carbamates (subject to hydrolysis) is 2. The molecule has 0 fully saturated rings. The van der Waals surface area contributed by atoms with Gasteiger partial charge < -0.3 is 36.9 Å². The fourth-order valence-corrected chi connectivity index (χ4v) is 2.42. The molecule has 0 saturated carbocycles. The van der Waals surface area contributed by atoms with Gasteiger partial charge in [-0.3, -0.25) is 4.79 Å². The van der Waals surface area contributed by atoms with Crippen molar-refractivity contribution in [1.29, 1.82) is 0 Å². The molecule has 0 bridgehead atoms. The number of carbonyl (C=O) groups excluding carboxylic acids is 3. The molecule has 0 aromatic rings. The topological polar surface area (TPSA) is 158 Å². The first-order valence-corrected chi connectivity index (χ1v) is 10.4. The molecule has 10 heteroatoms. The maximum absolute atomic E-state index is 12.1. The Morgan fingerprint density at radius 2 is 1.47 bits per heavy atom. The van der Waals surface area contributed by atoms with E-state index >= 15 is 0 Å². The highest BCUT2D eigenvalue weighted by molar-refractivity contribution is 5.76. The standard InChI is InChI=1S/C20H41N5O5/c1-19(2,3)29-17(27)23-11-7-8-15(25-18(28)30-20(4,5)6)13-24-16(26)12-14(22)9-10-21/h14-15H,7-13,21-22H2,1-6H3,(H,23,27)(H,24,26)(H,25,28)/t14?,15-/m0/s1. The summed E-state index contributed by atoms with van der Waals surface area (Å²) in [7, 11) is 0. The van der Waals surface area contributed by atoms with Crippen molar-refractivity contribution in [3.8, 4) is 0 Å². The number of hydrogen-bond acceptors (Lipinski definition) is 7. The van der Waals surface area contributed by atoms with Crippen LogP contribution in [-0.2, 0) is 14.3 Å². The third kappa shape index (κ3) is 16.8. The number of amides is 3. The van der Waals surface area contributed by atoms with Crippen LogP contribution in [0.5, 0.6) is 0 Å². The third-order valence-electron chi connectivity index (χ3n) is 3.65. The first-order valence-electron chi connectivity index (χ1n) is 10.4. The Labute approximate surface area is 180 Å². The average Bonchev–Trinajstić information content (AvgIpc) is 2.53. The van der Waals surface area contributed by atoms with Gasteiger partial charge in [0, 0.05) is 31.6 Å². The molecular weight excluding hydrogens is 390 g/mol. The average molecular weight is 432 g/mol. The van der Waals surface area contributed by atoms with Crippen molar-refractivity contribution in [3.05, 3.63) is 0 Å². The van der Waals surface area contributed by atoms with Crippen molar-refractivity contribution in [2.75, 3.05) is 19.6 Å². The fraction of sp³-hybridized carbons (Fsp3) is 0.850. The minimum absolute atomic E-state index is 0.163. The van der Waals surface area contributed by atoms with E-state index in [0.29, 0.717) is 32.4 Å². The molecule has 0 aromatic heterocycles. The summed E-state index contributed by atoms with van der Waals surface area (Å²) >= 11 is 0. The summed E-state index contributed by atoms with van der Waals surface area (Å²) in [6, 6.07) is -0.666. The van der Waals surface area contributed by atoms with E-state index in [0.717, 1.165) is 0 Å². The molecule has 176 valence electrons. The van der Waals surface area contributed by atoms with Crippen LogP contribution in [0.1, 0.15) is 67.2 Å². The summed E-state index contributed by atoms with van der Waals surface area (Å²) in [6.45, 7) is 11.7.